The lowest BCUT2D eigenvalue weighted by atomic mass is 9.93. The highest BCUT2D eigenvalue weighted by Crippen LogP contribution is 2.30. The van der Waals surface area contributed by atoms with Crippen LogP contribution in [0, 0.1) is 11.3 Å². The fourth-order valence-corrected chi connectivity index (χ4v) is 3.15. The Morgan fingerprint density at radius 3 is 2.86 bits per heavy atom. The van der Waals surface area contributed by atoms with Crippen molar-refractivity contribution in [3.63, 3.8) is 0 Å². The Balaban J connectivity index is 1.71. The Hall–Kier alpha value is -1.99. The largest absolute Gasteiger partial charge is 0.358 e. The van der Waals surface area contributed by atoms with Gasteiger partial charge in [0.25, 0.3) is 0 Å². The molecule has 21 heavy (non-hydrogen) atoms. The number of nitrogens with zero attached hydrogens (tertiary/aromatic N) is 2. The smallest absolute Gasteiger partial charge is 0.236 e. The van der Waals surface area contributed by atoms with Crippen LogP contribution in [0.15, 0.2) is 24.3 Å². The summed E-state index contributed by atoms with van der Waals surface area (Å²) in [5.74, 6) is 0.377. The standard InChI is InChI=1S/C16H16ClN3O/c17-13-1-2-14-12(9-13)10-15(19-14)11-4-7-20(8-5-11)16(21)3-6-18/h1-2,9-11,19H,3-5,7-8H2. The van der Waals surface area contributed by atoms with Crippen molar-refractivity contribution in [3.8, 4) is 6.07 Å². The minimum absolute atomic E-state index is 0.0183. The molecule has 0 bridgehead atoms. The minimum atomic E-state index is -0.0561. The number of hydrogen-bond donors (Lipinski definition) is 1. The van der Waals surface area contributed by atoms with Crippen molar-refractivity contribution in [2.75, 3.05) is 13.1 Å². The zero-order chi connectivity index (χ0) is 14.8. The first-order valence-corrected chi connectivity index (χ1v) is 7.48. The maximum Gasteiger partial charge on any atom is 0.236 e. The predicted octanol–water partition coefficient (Wildman–Crippen LogP) is 3.44. The molecule has 1 saturated heterocycles. The monoisotopic (exact) mass is 301 g/mol. The second kappa shape index (κ2) is 5.79. The molecule has 2 heterocycles. The quantitative estimate of drug-likeness (QED) is 0.923. The first kappa shape index (κ1) is 14.0. The van der Waals surface area contributed by atoms with Crippen molar-refractivity contribution < 1.29 is 4.79 Å². The number of amides is 1. The van der Waals surface area contributed by atoms with Crippen LogP contribution in [0.25, 0.3) is 10.9 Å². The molecule has 0 unspecified atom stereocenters. The van der Waals surface area contributed by atoms with Crippen molar-refractivity contribution in [2.24, 2.45) is 0 Å². The molecule has 0 radical (unpaired) electrons. The molecule has 0 atom stereocenters. The molecule has 2 aromatic rings. The van der Waals surface area contributed by atoms with Crippen LogP contribution in [0.3, 0.4) is 0 Å². The van der Waals surface area contributed by atoms with Gasteiger partial charge in [0, 0.05) is 40.6 Å². The van der Waals surface area contributed by atoms with Crippen molar-refractivity contribution >= 4 is 28.4 Å². The van der Waals surface area contributed by atoms with E-state index in [-0.39, 0.29) is 12.3 Å². The van der Waals surface area contributed by atoms with Gasteiger partial charge in [-0.1, -0.05) is 11.6 Å². The summed E-state index contributed by atoms with van der Waals surface area (Å²) < 4.78 is 0. The Labute approximate surface area is 128 Å². The summed E-state index contributed by atoms with van der Waals surface area (Å²) in [4.78, 5) is 16.9. The second-order valence-corrected chi connectivity index (χ2v) is 5.88. The third-order valence-electron chi connectivity index (χ3n) is 4.12. The Morgan fingerprint density at radius 2 is 2.14 bits per heavy atom. The van der Waals surface area contributed by atoms with Crippen molar-refractivity contribution in [1.29, 1.82) is 5.26 Å². The number of benzene rings is 1. The third kappa shape index (κ3) is 2.88. The molecule has 0 saturated carbocycles. The maximum atomic E-state index is 11.7. The highest BCUT2D eigenvalue weighted by molar-refractivity contribution is 6.31. The number of piperidine rings is 1. The fourth-order valence-electron chi connectivity index (χ4n) is 2.97. The number of fused-ring (bicyclic) bond motifs is 1. The molecule has 1 N–H and O–H groups in total. The number of nitrogens with one attached hydrogen (secondary N) is 1. The van der Waals surface area contributed by atoms with Gasteiger partial charge in [-0.3, -0.25) is 4.79 Å². The normalized spacial score (nSPS) is 16.1. The average molecular weight is 302 g/mol. The van der Waals surface area contributed by atoms with E-state index in [0.717, 1.165) is 41.9 Å². The molecule has 1 amide bonds. The van der Waals surface area contributed by atoms with E-state index < -0.39 is 0 Å². The molecule has 1 fully saturated rings. The van der Waals surface area contributed by atoms with Crippen LogP contribution in [0.1, 0.15) is 30.9 Å². The summed E-state index contributed by atoms with van der Waals surface area (Å²) >= 11 is 6.01. The van der Waals surface area contributed by atoms with E-state index in [9.17, 15) is 4.79 Å². The highest BCUT2D eigenvalue weighted by atomic mass is 35.5. The van der Waals surface area contributed by atoms with E-state index in [2.05, 4.69) is 11.1 Å². The Morgan fingerprint density at radius 1 is 1.38 bits per heavy atom. The lowest BCUT2D eigenvalue weighted by Crippen LogP contribution is -2.37. The summed E-state index contributed by atoms with van der Waals surface area (Å²) in [5.41, 5.74) is 2.30. The van der Waals surface area contributed by atoms with E-state index in [1.165, 1.54) is 5.69 Å². The summed E-state index contributed by atoms with van der Waals surface area (Å²) in [5, 5.41) is 10.5. The lowest BCUT2D eigenvalue weighted by Gasteiger charge is -2.31. The Kier molecular flexibility index (Phi) is 3.85. The molecule has 4 nitrogen and oxygen atoms in total. The number of rotatable bonds is 2. The molecule has 0 spiro atoms. The van der Waals surface area contributed by atoms with Gasteiger partial charge < -0.3 is 9.88 Å². The highest BCUT2D eigenvalue weighted by Gasteiger charge is 2.24. The summed E-state index contributed by atoms with van der Waals surface area (Å²) in [7, 11) is 0. The lowest BCUT2D eigenvalue weighted by molar-refractivity contribution is -0.131. The molecular formula is C16H16ClN3O. The number of H-pyrrole nitrogens is 1. The van der Waals surface area contributed by atoms with Crippen LogP contribution < -0.4 is 0 Å². The molecule has 5 heteroatoms. The van der Waals surface area contributed by atoms with E-state index in [1.807, 2.05) is 24.3 Å². The van der Waals surface area contributed by atoms with Gasteiger partial charge in [0.2, 0.25) is 5.91 Å². The number of hydrogen-bond acceptors (Lipinski definition) is 2. The molecule has 0 aliphatic carbocycles. The van der Waals surface area contributed by atoms with Gasteiger partial charge >= 0.3 is 0 Å². The first-order valence-electron chi connectivity index (χ1n) is 7.10. The second-order valence-electron chi connectivity index (χ2n) is 5.45. The average Bonchev–Trinajstić information content (AvgIpc) is 2.90. The van der Waals surface area contributed by atoms with Crippen molar-refractivity contribution in [1.82, 2.24) is 9.88 Å². The van der Waals surface area contributed by atoms with Gasteiger partial charge in [0.05, 0.1) is 6.07 Å². The van der Waals surface area contributed by atoms with Gasteiger partial charge in [-0.25, -0.2) is 0 Å². The van der Waals surface area contributed by atoms with Crippen molar-refractivity contribution in [2.45, 2.75) is 25.2 Å². The number of carbonyl (C=O) groups is 1. The van der Waals surface area contributed by atoms with Crippen LogP contribution >= 0.6 is 11.6 Å². The van der Waals surface area contributed by atoms with Gasteiger partial charge in [-0.05, 0) is 37.1 Å². The number of likely N-dealkylation sites (tertiary alicyclic amines) is 1. The van der Waals surface area contributed by atoms with Gasteiger partial charge in [0.1, 0.15) is 6.42 Å². The zero-order valence-corrected chi connectivity index (χ0v) is 12.4. The summed E-state index contributed by atoms with van der Waals surface area (Å²) in [6, 6.07) is 9.91. The molecule has 1 aromatic carbocycles. The summed E-state index contributed by atoms with van der Waals surface area (Å²) in [6.07, 6.45) is 1.84. The van der Waals surface area contributed by atoms with Crippen molar-refractivity contribution in [3.05, 3.63) is 35.0 Å². The van der Waals surface area contributed by atoms with Gasteiger partial charge in [-0.15, -0.1) is 0 Å². The number of halogens is 1. The summed E-state index contributed by atoms with van der Waals surface area (Å²) in [6.45, 7) is 1.45. The molecule has 1 aromatic heterocycles. The molecule has 1 aliphatic rings. The zero-order valence-electron chi connectivity index (χ0n) is 11.6. The molecule has 108 valence electrons. The maximum absolute atomic E-state index is 11.7. The molecule has 1 aliphatic heterocycles. The number of nitriles is 1. The van der Waals surface area contributed by atoms with Crippen LogP contribution in [0.4, 0.5) is 0 Å². The molecular weight excluding hydrogens is 286 g/mol. The predicted molar refractivity (Wildman–Crippen MR) is 82.1 cm³/mol. The van der Waals surface area contributed by atoms with E-state index in [1.54, 1.807) is 4.90 Å². The van der Waals surface area contributed by atoms with Crippen LogP contribution in [0.2, 0.25) is 5.02 Å². The topological polar surface area (TPSA) is 59.9 Å². The molecule has 3 rings (SSSR count). The minimum Gasteiger partial charge on any atom is -0.358 e. The van der Waals surface area contributed by atoms with Gasteiger partial charge in [-0.2, -0.15) is 5.26 Å². The van der Waals surface area contributed by atoms with Crippen LogP contribution in [-0.2, 0) is 4.79 Å². The van der Waals surface area contributed by atoms with Gasteiger partial charge in [0.15, 0.2) is 0 Å². The number of aromatic nitrogens is 1. The van der Waals surface area contributed by atoms with E-state index in [0.29, 0.717) is 5.92 Å². The number of carbonyl (C=O) groups excluding carboxylic acids is 1. The third-order valence-corrected chi connectivity index (χ3v) is 4.36. The van der Waals surface area contributed by atoms with E-state index in [4.69, 9.17) is 16.9 Å². The van der Waals surface area contributed by atoms with Crippen LogP contribution in [-0.4, -0.2) is 28.9 Å². The number of aromatic amines is 1. The fraction of sp³-hybridized carbons (Fsp3) is 0.375. The first-order chi connectivity index (χ1) is 10.2. The van der Waals surface area contributed by atoms with Crippen LogP contribution in [0.5, 0.6) is 0 Å². The Bertz CT molecular complexity index is 708. The SMILES string of the molecule is N#CCC(=O)N1CCC(c2cc3cc(Cl)ccc3[nH]2)CC1. The van der Waals surface area contributed by atoms with E-state index >= 15 is 0 Å².